The maximum absolute atomic E-state index is 14.8. The van der Waals surface area contributed by atoms with Crippen LogP contribution in [0, 0.1) is 17.5 Å². The largest absolute Gasteiger partial charge is 0.337 e. The molecular formula is C32H27F3N2O3S. The molecule has 5 aromatic rings. The lowest BCUT2D eigenvalue weighted by atomic mass is 10.0. The first-order chi connectivity index (χ1) is 19.7. The monoisotopic (exact) mass is 576 g/mol. The number of aryl methyl sites for hydroxylation is 1. The molecule has 0 aliphatic heterocycles. The molecule has 0 saturated carbocycles. The zero-order valence-electron chi connectivity index (χ0n) is 22.5. The highest BCUT2D eigenvalue weighted by Gasteiger charge is 2.24. The van der Waals surface area contributed by atoms with E-state index in [4.69, 9.17) is 0 Å². The van der Waals surface area contributed by atoms with Crippen molar-refractivity contribution in [2.45, 2.75) is 46.1 Å². The normalized spacial score (nSPS) is 11.3. The van der Waals surface area contributed by atoms with Crippen LogP contribution in [0.1, 0.15) is 43.4 Å². The number of rotatable bonds is 9. The van der Waals surface area contributed by atoms with Crippen LogP contribution in [-0.2, 0) is 24.2 Å². The minimum Gasteiger partial charge on any atom is -0.299 e. The lowest BCUT2D eigenvalue weighted by Crippen LogP contribution is -2.39. The molecular weight excluding hydrogens is 549 g/mol. The number of thiophene rings is 1. The maximum atomic E-state index is 14.8. The first kappa shape index (κ1) is 28.3. The third-order valence-corrected chi connectivity index (χ3v) is 8.35. The summed E-state index contributed by atoms with van der Waals surface area (Å²) < 4.78 is 45.4. The summed E-state index contributed by atoms with van der Waals surface area (Å²) in [5.41, 5.74) is 0.839. The van der Waals surface area contributed by atoms with Gasteiger partial charge in [0.1, 0.15) is 28.1 Å². The molecule has 0 aliphatic carbocycles. The van der Waals surface area contributed by atoms with Crippen molar-refractivity contribution in [3.8, 4) is 16.1 Å². The van der Waals surface area contributed by atoms with Gasteiger partial charge in [0.05, 0.1) is 17.6 Å². The van der Waals surface area contributed by atoms with Crippen LogP contribution in [0.25, 0.3) is 26.3 Å². The van der Waals surface area contributed by atoms with E-state index >= 15 is 0 Å². The van der Waals surface area contributed by atoms with Crippen LogP contribution < -0.4 is 11.2 Å². The van der Waals surface area contributed by atoms with Gasteiger partial charge in [-0.1, -0.05) is 50.6 Å². The number of hydrogen-bond acceptors (Lipinski definition) is 4. The number of benzene rings is 3. The van der Waals surface area contributed by atoms with Crippen LogP contribution >= 0.6 is 11.3 Å². The van der Waals surface area contributed by atoms with Gasteiger partial charge in [-0.2, -0.15) is 0 Å². The zero-order chi connectivity index (χ0) is 29.3. The standard InChI is InChI=1S/C32H27F3N2O3S/c1-3-6-24-28-30(39)37(22-15-13-21(33)14-16-22)32(40)36(18-25-26(34)7-5-8-27(25)35)31(28)41-29(24)20-11-9-19(10-12-20)17-23(38)4-2/h5,7-16H,3-4,6,17-18H2,1-2H3. The van der Waals surface area contributed by atoms with Crippen molar-refractivity contribution in [3.05, 3.63) is 122 Å². The molecule has 0 radical (unpaired) electrons. The fraction of sp³-hybridized carbons (Fsp3) is 0.219. The second-order valence-electron chi connectivity index (χ2n) is 9.79. The molecule has 2 heterocycles. The van der Waals surface area contributed by atoms with E-state index in [1.54, 1.807) is 0 Å². The lowest BCUT2D eigenvalue weighted by molar-refractivity contribution is -0.118. The second-order valence-corrected chi connectivity index (χ2v) is 10.8. The Bertz CT molecular complexity index is 1850. The van der Waals surface area contributed by atoms with E-state index < -0.39 is 35.2 Å². The second kappa shape index (κ2) is 11.7. The summed E-state index contributed by atoms with van der Waals surface area (Å²) in [7, 11) is 0. The van der Waals surface area contributed by atoms with Gasteiger partial charge in [0.2, 0.25) is 0 Å². The van der Waals surface area contributed by atoms with Gasteiger partial charge >= 0.3 is 5.69 Å². The molecule has 41 heavy (non-hydrogen) atoms. The smallest absolute Gasteiger partial charge is 0.299 e. The molecule has 9 heteroatoms. The number of Topliss-reactive ketones (excluding diaryl/α,β-unsaturated/α-hetero) is 1. The third kappa shape index (κ3) is 5.41. The van der Waals surface area contributed by atoms with Crippen molar-refractivity contribution in [2.24, 2.45) is 0 Å². The molecule has 3 aromatic carbocycles. The van der Waals surface area contributed by atoms with Crippen molar-refractivity contribution < 1.29 is 18.0 Å². The molecule has 0 saturated heterocycles. The first-order valence-electron chi connectivity index (χ1n) is 13.3. The number of halogens is 3. The average Bonchev–Trinajstić information content (AvgIpc) is 3.33. The summed E-state index contributed by atoms with van der Waals surface area (Å²) >= 11 is 1.21. The third-order valence-electron chi connectivity index (χ3n) is 7.05. The zero-order valence-corrected chi connectivity index (χ0v) is 23.4. The average molecular weight is 577 g/mol. The Kier molecular flexibility index (Phi) is 8.08. The van der Waals surface area contributed by atoms with Crippen LogP contribution in [0.2, 0.25) is 0 Å². The summed E-state index contributed by atoms with van der Waals surface area (Å²) in [6, 6.07) is 15.9. The van der Waals surface area contributed by atoms with Crippen molar-refractivity contribution in [1.29, 1.82) is 0 Å². The molecule has 5 rings (SSSR count). The summed E-state index contributed by atoms with van der Waals surface area (Å²) in [6.07, 6.45) is 1.97. The Balaban J connectivity index is 1.80. The first-order valence-corrected chi connectivity index (χ1v) is 14.2. The van der Waals surface area contributed by atoms with Crippen LogP contribution in [0.4, 0.5) is 13.2 Å². The van der Waals surface area contributed by atoms with Gasteiger partial charge in [-0.3, -0.25) is 14.2 Å². The predicted molar refractivity (Wildman–Crippen MR) is 156 cm³/mol. The number of aromatic nitrogens is 2. The molecule has 0 unspecified atom stereocenters. The Morgan fingerprint density at radius 3 is 2.12 bits per heavy atom. The summed E-state index contributed by atoms with van der Waals surface area (Å²) in [6.45, 7) is 3.34. The number of hydrogen-bond donors (Lipinski definition) is 0. The number of carbonyl (C=O) groups excluding carboxylic acids is 1. The topological polar surface area (TPSA) is 61.1 Å². The van der Waals surface area contributed by atoms with Gasteiger partial charge in [0.25, 0.3) is 5.56 Å². The fourth-order valence-corrected chi connectivity index (χ4v) is 6.26. The van der Waals surface area contributed by atoms with Crippen molar-refractivity contribution >= 4 is 27.3 Å². The molecule has 0 atom stereocenters. The summed E-state index contributed by atoms with van der Waals surface area (Å²) in [4.78, 5) is 40.8. The lowest BCUT2D eigenvalue weighted by Gasteiger charge is -2.13. The Labute approximate surface area is 238 Å². The molecule has 210 valence electrons. The highest BCUT2D eigenvalue weighted by molar-refractivity contribution is 7.22. The van der Waals surface area contributed by atoms with E-state index in [9.17, 15) is 27.6 Å². The van der Waals surface area contributed by atoms with Gasteiger partial charge in [-0.15, -0.1) is 11.3 Å². The van der Waals surface area contributed by atoms with E-state index in [0.29, 0.717) is 36.1 Å². The fourth-order valence-electron chi connectivity index (χ4n) is 4.92. The summed E-state index contributed by atoms with van der Waals surface area (Å²) in [5.74, 6) is -2.04. The van der Waals surface area contributed by atoms with Crippen LogP contribution in [-0.4, -0.2) is 14.9 Å². The number of nitrogens with zero attached hydrogens (tertiary/aromatic N) is 2. The minimum absolute atomic E-state index is 0.122. The Hall–Kier alpha value is -4.24. The quantitative estimate of drug-likeness (QED) is 0.194. The van der Waals surface area contributed by atoms with E-state index in [2.05, 4.69) is 0 Å². The van der Waals surface area contributed by atoms with E-state index in [0.717, 1.165) is 44.8 Å². The van der Waals surface area contributed by atoms with E-state index in [1.165, 1.54) is 34.1 Å². The highest BCUT2D eigenvalue weighted by Crippen LogP contribution is 2.38. The van der Waals surface area contributed by atoms with Crippen LogP contribution in [0.3, 0.4) is 0 Å². The Morgan fingerprint density at radius 1 is 0.854 bits per heavy atom. The van der Waals surface area contributed by atoms with E-state index in [-0.39, 0.29) is 22.4 Å². The summed E-state index contributed by atoms with van der Waals surface area (Å²) in [5, 5.41) is 0.276. The molecule has 2 aromatic heterocycles. The van der Waals surface area contributed by atoms with Crippen molar-refractivity contribution in [2.75, 3.05) is 0 Å². The molecule has 0 fully saturated rings. The van der Waals surface area contributed by atoms with Crippen LogP contribution in [0.15, 0.2) is 76.3 Å². The number of ketones is 1. The van der Waals surface area contributed by atoms with Gasteiger partial charge in [-0.05, 0) is 59.5 Å². The highest BCUT2D eigenvalue weighted by atomic mass is 32.1. The number of carbonyl (C=O) groups is 1. The molecule has 0 aliphatic rings. The molecule has 0 bridgehead atoms. The van der Waals surface area contributed by atoms with Gasteiger partial charge in [-0.25, -0.2) is 22.5 Å². The Morgan fingerprint density at radius 2 is 1.51 bits per heavy atom. The maximum Gasteiger partial charge on any atom is 0.337 e. The van der Waals surface area contributed by atoms with Crippen molar-refractivity contribution in [1.82, 2.24) is 9.13 Å². The molecule has 0 N–H and O–H groups in total. The predicted octanol–water partition coefficient (Wildman–Crippen LogP) is 6.82. The molecule has 0 amide bonds. The van der Waals surface area contributed by atoms with Crippen LogP contribution in [0.5, 0.6) is 0 Å². The van der Waals surface area contributed by atoms with Gasteiger partial charge in [0, 0.05) is 23.3 Å². The van der Waals surface area contributed by atoms with E-state index in [1.807, 2.05) is 38.1 Å². The van der Waals surface area contributed by atoms with Gasteiger partial charge in [0.15, 0.2) is 0 Å². The van der Waals surface area contributed by atoms with Gasteiger partial charge < -0.3 is 0 Å². The number of fused-ring (bicyclic) bond motifs is 1. The molecule has 0 spiro atoms. The minimum atomic E-state index is -0.813. The van der Waals surface area contributed by atoms with Crippen molar-refractivity contribution in [3.63, 3.8) is 0 Å². The molecule has 5 nitrogen and oxygen atoms in total. The SMILES string of the molecule is CCCc1c(-c2ccc(CC(=O)CC)cc2)sc2c1c(=O)n(-c1ccc(F)cc1)c(=O)n2Cc1c(F)cccc1F.